The van der Waals surface area contributed by atoms with E-state index >= 15 is 0 Å². The number of urea groups is 1. The standard InChI is InChI=1S/C13H17ClFNO.C12H13N5O2/c1-17-7-6-16-5-4-11(9-16)10-2-3-12(14)13(15)8-10;1-7-9(10(13)18)11(15-12(14)19)17(16-7)8-5-3-2-4-6-8/h2-3,8,11H,4-7,9H2,1H3;2-6H,1H3,(H2,13,18)(H3,14,15,19)/t11-;/m0./s1. The summed E-state index contributed by atoms with van der Waals surface area (Å²) in [6.07, 6.45) is 1.07. The quantitative estimate of drug-likeness (QED) is 0.441. The molecule has 0 unspecified atom stereocenters. The van der Waals surface area contributed by atoms with Crippen LogP contribution in [0.15, 0.2) is 48.5 Å². The normalized spacial score (nSPS) is 15.3. The van der Waals surface area contributed by atoms with Crippen molar-refractivity contribution in [1.29, 1.82) is 0 Å². The van der Waals surface area contributed by atoms with E-state index in [4.69, 9.17) is 27.8 Å². The highest BCUT2D eigenvalue weighted by atomic mass is 35.5. The lowest BCUT2D eigenvalue weighted by Crippen LogP contribution is -2.24. The second kappa shape index (κ2) is 12.5. The lowest BCUT2D eigenvalue weighted by Gasteiger charge is -2.15. The van der Waals surface area contributed by atoms with Gasteiger partial charge in [-0.05, 0) is 55.6 Å². The summed E-state index contributed by atoms with van der Waals surface area (Å²) in [6, 6.07) is 13.4. The number of carbonyl (C=O) groups excluding carboxylic acids is 2. The van der Waals surface area contributed by atoms with Crippen LogP contribution in [0.25, 0.3) is 5.69 Å². The Bertz CT molecular complexity index is 1200. The van der Waals surface area contributed by atoms with Gasteiger partial charge in [0.25, 0.3) is 5.91 Å². The fourth-order valence-corrected chi connectivity index (χ4v) is 4.22. The number of methoxy groups -OCH3 is 1. The van der Waals surface area contributed by atoms with Gasteiger partial charge in [-0.1, -0.05) is 35.9 Å². The van der Waals surface area contributed by atoms with Gasteiger partial charge in [-0.2, -0.15) is 5.10 Å². The first-order chi connectivity index (χ1) is 17.2. The van der Waals surface area contributed by atoms with Gasteiger partial charge in [-0.15, -0.1) is 0 Å². The summed E-state index contributed by atoms with van der Waals surface area (Å²) in [5.41, 5.74) is 12.7. The van der Waals surface area contributed by atoms with Gasteiger partial charge >= 0.3 is 6.03 Å². The van der Waals surface area contributed by atoms with E-state index in [0.29, 0.717) is 17.3 Å². The number of halogens is 2. The SMILES string of the molecule is COCCN1CC[C@H](c2ccc(Cl)c(F)c2)C1.Cc1nn(-c2ccccc2)c(NC(N)=O)c1C(N)=O. The number of nitrogens with zero attached hydrogens (tertiary/aromatic N) is 3. The van der Waals surface area contributed by atoms with Crippen molar-refractivity contribution in [1.82, 2.24) is 14.7 Å². The minimum atomic E-state index is -0.792. The Balaban J connectivity index is 0.000000202. The van der Waals surface area contributed by atoms with Crippen molar-refractivity contribution in [3.05, 3.63) is 76.2 Å². The molecule has 3 amide bonds. The summed E-state index contributed by atoms with van der Waals surface area (Å²) in [6.45, 7) is 5.36. The Morgan fingerprint density at radius 1 is 1.22 bits per heavy atom. The van der Waals surface area contributed by atoms with Gasteiger partial charge in [0.2, 0.25) is 0 Å². The molecule has 0 bridgehead atoms. The first-order valence-corrected chi connectivity index (χ1v) is 11.8. The van der Waals surface area contributed by atoms with E-state index in [9.17, 15) is 14.0 Å². The molecule has 11 heteroatoms. The van der Waals surface area contributed by atoms with Crippen molar-refractivity contribution in [2.45, 2.75) is 19.3 Å². The van der Waals surface area contributed by atoms with Crippen molar-refractivity contribution in [2.75, 3.05) is 38.7 Å². The van der Waals surface area contributed by atoms with Crippen molar-refractivity contribution in [3.8, 4) is 5.69 Å². The Morgan fingerprint density at radius 3 is 2.56 bits per heavy atom. The number of anilines is 1. The molecule has 1 saturated heterocycles. The maximum atomic E-state index is 13.4. The number of nitrogens with one attached hydrogen (secondary N) is 1. The molecule has 192 valence electrons. The molecule has 5 N–H and O–H groups in total. The van der Waals surface area contributed by atoms with Crippen molar-refractivity contribution in [3.63, 3.8) is 0 Å². The lowest BCUT2D eigenvalue weighted by molar-refractivity contribution is 0.100. The Morgan fingerprint density at radius 2 is 1.94 bits per heavy atom. The minimum Gasteiger partial charge on any atom is -0.383 e. The fourth-order valence-electron chi connectivity index (χ4n) is 4.10. The Hall–Kier alpha value is -3.47. The zero-order valence-electron chi connectivity index (χ0n) is 20.2. The summed E-state index contributed by atoms with van der Waals surface area (Å²) in [7, 11) is 1.71. The number of aromatic nitrogens is 2. The van der Waals surface area contributed by atoms with E-state index < -0.39 is 11.9 Å². The van der Waals surface area contributed by atoms with Gasteiger partial charge in [0, 0.05) is 20.2 Å². The molecular formula is C25H30ClFN6O3. The monoisotopic (exact) mass is 516 g/mol. The number of carbonyl (C=O) groups is 2. The average Bonchev–Trinajstić information content (AvgIpc) is 3.44. The summed E-state index contributed by atoms with van der Waals surface area (Å²) >= 11 is 5.68. The molecule has 0 saturated carbocycles. The first-order valence-electron chi connectivity index (χ1n) is 11.4. The molecule has 9 nitrogen and oxygen atoms in total. The van der Waals surface area contributed by atoms with Gasteiger partial charge in [-0.25, -0.2) is 13.9 Å². The third-order valence-electron chi connectivity index (χ3n) is 5.85. The van der Waals surface area contributed by atoms with Gasteiger partial charge in [-0.3, -0.25) is 10.1 Å². The number of likely N-dealkylation sites (tertiary alicyclic amines) is 1. The van der Waals surface area contributed by atoms with Gasteiger partial charge in [0.15, 0.2) is 5.82 Å². The lowest BCUT2D eigenvalue weighted by atomic mass is 9.98. The average molecular weight is 517 g/mol. The molecule has 1 aliphatic rings. The van der Waals surface area contributed by atoms with E-state index in [2.05, 4.69) is 15.3 Å². The smallest absolute Gasteiger partial charge is 0.317 e. The number of primary amides is 2. The maximum absolute atomic E-state index is 13.4. The molecule has 2 aromatic carbocycles. The third-order valence-corrected chi connectivity index (χ3v) is 6.15. The molecular weight excluding hydrogens is 487 g/mol. The highest BCUT2D eigenvalue weighted by Gasteiger charge is 2.24. The van der Waals surface area contributed by atoms with E-state index in [1.807, 2.05) is 24.3 Å². The largest absolute Gasteiger partial charge is 0.383 e. The van der Waals surface area contributed by atoms with E-state index in [0.717, 1.165) is 38.2 Å². The van der Waals surface area contributed by atoms with Crippen LogP contribution in [0.1, 0.15) is 34.0 Å². The first kappa shape index (κ1) is 27.1. The molecule has 0 radical (unpaired) electrons. The molecule has 1 aromatic heterocycles. The zero-order valence-corrected chi connectivity index (χ0v) is 21.0. The third kappa shape index (κ3) is 6.81. The zero-order chi connectivity index (χ0) is 26.2. The number of benzene rings is 2. The predicted octanol–water partition coefficient (Wildman–Crippen LogP) is 3.69. The van der Waals surface area contributed by atoms with Crippen LogP contribution in [0.3, 0.4) is 0 Å². The molecule has 1 fully saturated rings. The molecule has 0 aliphatic carbocycles. The summed E-state index contributed by atoms with van der Waals surface area (Å²) in [5, 5.41) is 6.78. The van der Waals surface area contributed by atoms with Crippen molar-refractivity contribution in [2.24, 2.45) is 11.5 Å². The molecule has 4 rings (SSSR count). The number of nitrogens with two attached hydrogens (primary N) is 2. The van der Waals surface area contributed by atoms with E-state index in [1.165, 1.54) is 4.68 Å². The van der Waals surface area contributed by atoms with E-state index in [-0.39, 0.29) is 22.2 Å². The highest BCUT2D eigenvalue weighted by molar-refractivity contribution is 6.30. The molecule has 1 atom stereocenters. The molecule has 1 aliphatic heterocycles. The van der Waals surface area contributed by atoms with Crippen LogP contribution in [0.5, 0.6) is 0 Å². The second-order valence-electron chi connectivity index (χ2n) is 8.36. The number of rotatable bonds is 7. The fraction of sp³-hybridized carbons (Fsp3) is 0.320. The van der Waals surface area contributed by atoms with Crippen LogP contribution < -0.4 is 16.8 Å². The predicted molar refractivity (Wildman–Crippen MR) is 137 cm³/mol. The molecule has 2 heterocycles. The van der Waals surface area contributed by atoms with Gasteiger partial charge in [0.05, 0.1) is 23.0 Å². The number of hydrogen-bond donors (Lipinski definition) is 3. The highest BCUT2D eigenvalue weighted by Crippen LogP contribution is 2.29. The van der Waals surface area contributed by atoms with Crippen LogP contribution >= 0.6 is 11.6 Å². The summed E-state index contributed by atoms with van der Waals surface area (Å²) in [5.74, 6) is -0.412. The Kier molecular flexibility index (Phi) is 9.40. The Labute approximate surface area is 214 Å². The minimum absolute atomic E-state index is 0.141. The molecule has 3 aromatic rings. The van der Waals surface area contributed by atoms with Crippen LogP contribution in [0, 0.1) is 12.7 Å². The number of ether oxygens (including phenoxy) is 1. The number of para-hydroxylation sites is 1. The summed E-state index contributed by atoms with van der Waals surface area (Å²) in [4.78, 5) is 24.8. The maximum Gasteiger partial charge on any atom is 0.317 e. The van der Waals surface area contributed by atoms with Crippen molar-refractivity contribution >= 4 is 29.4 Å². The van der Waals surface area contributed by atoms with Gasteiger partial charge in [0.1, 0.15) is 11.4 Å². The number of aryl methyl sites for hydroxylation is 1. The van der Waals surface area contributed by atoms with Crippen LogP contribution in [-0.2, 0) is 4.74 Å². The molecule has 0 spiro atoms. The molecule has 36 heavy (non-hydrogen) atoms. The van der Waals surface area contributed by atoms with Crippen LogP contribution in [0.2, 0.25) is 5.02 Å². The van der Waals surface area contributed by atoms with Gasteiger partial charge < -0.3 is 21.1 Å². The number of amides is 3. The topological polar surface area (TPSA) is 128 Å². The second-order valence-corrected chi connectivity index (χ2v) is 8.77. The van der Waals surface area contributed by atoms with Crippen molar-refractivity contribution < 1.29 is 18.7 Å². The van der Waals surface area contributed by atoms with E-state index in [1.54, 1.807) is 38.3 Å². The number of hydrogen-bond acceptors (Lipinski definition) is 5. The summed E-state index contributed by atoms with van der Waals surface area (Å²) < 4.78 is 19.8. The van der Waals surface area contributed by atoms with Crippen LogP contribution in [0.4, 0.5) is 15.0 Å². The van der Waals surface area contributed by atoms with Crippen LogP contribution in [-0.4, -0.2) is 60.0 Å².